The van der Waals surface area contributed by atoms with Gasteiger partial charge < -0.3 is 15.8 Å². The summed E-state index contributed by atoms with van der Waals surface area (Å²) >= 11 is 1.60. The number of nitrogens with two attached hydrogens (primary N) is 1. The lowest BCUT2D eigenvalue weighted by Crippen LogP contribution is -2.08. The van der Waals surface area contributed by atoms with Gasteiger partial charge in [0.05, 0.1) is 13.2 Å². The van der Waals surface area contributed by atoms with Gasteiger partial charge in [0.2, 0.25) is 5.88 Å². The first kappa shape index (κ1) is 13.5. The first-order chi connectivity index (χ1) is 9.20. The number of aromatic nitrogens is 3. The van der Waals surface area contributed by atoms with E-state index in [0.717, 1.165) is 17.1 Å². The summed E-state index contributed by atoms with van der Waals surface area (Å²) in [5.41, 5.74) is 7.42. The Morgan fingerprint density at radius 1 is 1.42 bits per heavy atom. The molecule has 0 amide bonds. The van der Waals surface area contributed by atoms with E-state index in [9.17, 15) is 0 Å². The highest BCUT2D eigenvalue weighted by atomic mass is 32.1. The van der Waals surface area contributed by atoms with Crippen LogP contribution in [0.5, 0.6) is 5.88 Å². The number of ether oxygens (including phenoxy) is 1. The fraction of sp³-hybridized carbons (Fsp3) is 0.417. The van der Waals surface area contributed by atoms with Gasteiger partial charge in [-0.3, -0.25) is 0 Å². The Balaban J connectivity index is 2.03. The molecule has 2 heterocycles. The Morgan fingerprint density at radius 2 is 2.26 bits per heavy atom. The van der Waals surface area contributed by atoms with Gasteiger partial charge in [-0.15, -0.1) is 11.3 Å². The van der Waals surface area contributed by atoms with Crippen LogP contribution in [0, 0.1) is 6.92 Å². The summed E-state index contributed by atoms with van der Waals surface area (Å²) in [6.07, 6.45) is 2.35. The molecule has 102 valence electrons. The number of rotatable bonds is 6. The topological polar surface area (TPSA) is 86.0 Å². The van der Waals surface area contributed by atoms with Crippen LogP contribution in [0.2, 0.25) is 0 Å². The molecular weight excluding hydrogens is 262 g/mol. The molecule has 3 N–H and O–H groups in total. The maximum absolute atomic E-state index is 5.96. The maximum Gasteiger partial charge on any atom is 0.242 e. The molecule has 0 saturated heterocycles. The van der Waals surface area contributed by atoms with Crippen molar-refractivity contribution in [1.82, 2.24) is 15.0 Å². The largest absolute Gasteiger partial charge is 0.476 e. The average Bonchev–Trinajstić information content (AvgIpc) is 2.82. The number of hydrogen-bond donors (Lipinski definition) is 2. The fourth-order valence-corrected chi connectivity index (χ4v) is 2.19. The van der Waals surface area contributed by atoms with Gasteiger partial charge >= 0.3 is 0 Å². The molecule has 2 aromatic heterocycles. The van der Waals surface area contributed by atoms with E-state index in [1.165, 1.54) is 6.33 Å². The molecule has 0 aliphatic carbocycles. The highest BCUT2D eigenvalue weighted by Gasteiger charge is 2.09. The van der Waals surface area contributed by atoms with E-state index in [0.29, 0.717) is 30.5 Å². The van der Waals surface area contributed by atoms with Gasteiger partial charge in [0.25, 0.3) is 0 Å². The van der Waals surface area contributed by atoms with E-state index in [1.807, 2.05) is 19.2 Å². The van der Waals surface area contributed by atoms with Gasteiger partial charge in [-0.05, 0) is 13.3 Å². The van der Waals surface area contributed by atoms with Crippen LogP contribution in [0.25, 0.3) is 0 Å². The Bertz CT molecular complexity index is 543. The SMILES string of the molecule is CCCOc1ncnc(NCc2nc(C)cs2)c1N. The van der Waals surface area contributed by atoms with Crippen LogP contribution >= 0.6 is 11.3 Å². The van der Waals surface area contributed by atoms with E-state index in [1.54, 1.807) is 11.3 Å². The molecule has 0 aliphatic heterocycles. The molecule has 0 bridgehead atoms. The molecule has 0 radical (unpaired) electrons. The lowest BCUT2D eigenvalue weighted by atomic mass is 10.4. The van der Waals surface area contributed by atoms with Crippen LogP contribution in [0.3, 0.4) is 0 Å². The van der Waals surface area contributed by atoms with Crippen molar-refractivity contribution in [1.29, 1.82) is 0 Å². The van der Waals surface area contributed by atoms with E-state index in [-0.39, 0.29) is 0 Å². The van der Waals surface area contributed by atoms with E-state index in [4.69, 9.17) is 10.5 Å². The second-order valence-electron chi connectivity index (χ2n) is 4.03. The summed E-state index contributed by atoms with van der Waals surface area (Å²) in [6.45, 7) is 5.18. The van der Waals surface area contributed by atoms with Gasteiger partial charge in [0, 0.05) is 11.1 Å². The van der Waals surface area contributed by atoms with Crippen molar-refractivity contribution in [2.75, 3.05) is 17.7 Å². The first-order valence-corrected chi connectivity index (χ1v) is 6.96. The zero-order valence-corrected chi connectivity index (χ0v) is 11.8. The predicted octanol–water partition coefficient (Wildman–Crippen LogP) is 2.22. The molecule has 0 aromatic carbocycles. The Kier molecular flexibility index (Phi) is 4.51. The summed E-state index contributed by atoms with van der Waals surface area (Å²) in [6, 6.07) is 0. The number of nitrogens with one attached hydrogen (secondary N) is 1. The predicted molar refractivity (Wildman–Crippen MR) is 76.4 cm³/mol. The van der Waals surface area contributed by atoms with Crippen LogP contribution in [0.1, 0.15) is 24.0 Å². The van der Waals surface area contributed by atoms with Crippen LogP contribution in [0.15, 0.2) is 11.7 Å². The number of aryl methyl sites for hydroxylation is 1. The van der Waals surface area contributed by atoms with E-state index >= 15 is 0 Å². The molecule has 6 nitrogen and oxygen atoms in total. The molecule has 0 atom stereocenters. The maximum atomic E-state index is 5.96. The van der Waals surface area contributed by atoms with Crippen molar-refractivity contribution >= 4 is 22.8 Å². The molecule has 0 unspecified atom stereocenters. The van der Waals surface area contributed by atoms with Gasteiger partial charge in [0.1, 0.15) is 17.0 Å². The third-order valence-corrected chi connectivity index (χ3v) is 3.33. The molecule has 2 rings (SSSR count). The Morgan fingerprint density at radius 3 is 2.95 bits per heavy atom. The summed E-state index contributed by atoms with van der Waals surface area (Å²) in [7, 11) is 0. The monoisotopic (exact) mass is 279 g/mol. The Hall–Kier alpha value is -1.89. The lowest BCUT2D eigenvalue weighted by molar-refractivity contribution is 0.306. The third-order valence-electron chi connectivity index (χ3n) is 2.36. The minimum absolute atomic E-state index is 0.426. The third kappa shape index (κ3) is 3.54. The molecular formula is C12H17N5OS. The van der Waals surface area contributed by atoms with E-state index in [2.05, 4.69) is 20.3 Å². The fourth-order valence-electron chi connectivity index (χ4n) is 1.48. The zero-order valence-electron chi connectivity index (χ0n) is 11.0. The first-order valence-electron chi connectivity index (χ1n) is 6.09. The average molecular weight is 279 g/mol. The van der Waals surface area contributed by atoms with Gasteiger partial charge in [-0.2, -0.15) is 4.98 Å². The van der Waals surface area contributed by atoms with Gasteiger partial charge in [-0.25, -0.2) is 9.97 Å². The van der Waals surface area contributed by atoms with Crippen LogP contribution in [-0.2, 0) is 6.54 Å². The molecule has 0 fully saturated rings. The highest BCUT2D eigenvalue weighted by molar-refractivity contribution is 7.09. The number of nitrogens with zero attached hydrogens (tertiary/aromatic N) is 3. The number of thiazole rings is 1. The van der Waals surface area contributed by atoms with Crippen LogP contribution < -0.4 is 15.8 Å². The summed E-state index contributed by atoms with van der Waals surface area (Å²) < 4.78 is 5.45. The minimum atomic E-state index is 0.426. The van der Waals surface area contributed by atoms with Crippen molar-refractivity contribution in [3.8, 4) is 5.88 Å². The number of nitrogen functional groups attached to an aromatic ring is 1. The van der Waals surface area contributed by atoms with Gasteiger partial charge in [-0.1, -0.05) is 6.92 Å². The smallest absolute Gasteiger partial charge is 0.242 e. The summed E-state index contributed by atoms with van der Waals surface area (Å²) in [4.78, 5) is 12.5. The van der Waals surface area contributed by atoms with E-state index < -0.39 is 0 Å². The summed E-state index contributed by atoms with van der Waals surface area (Å²) in [5, 5.41) is 6.15. The quantitative estimate of drug-likeness (QED) is 0.843. The highest BCUT2D eigenvalue weighted by Crippen LogP contribution is 2.25. The van der Waals surface area contributed by atoms with Crippen molar-refractivity contribution in [3.63, 3.8) is 0 Å². The van der Waals surface area contributed by atoms with Crippen LogP contribution in [0.4, 0.5) is 11.5 Å². The second-order valence-corrected chi connectivity index (χ2v) is 4.97. The second kappa shape index (κ2) is 6.33. The zero-order chi connectivity index (χ0) is 13.7. The van der Waals surface area contributed by atoms with Crippen molar-refractivity contribution < 1.29 is 4.74 Å². The lowest BCUT2D eigenvalue weighted by Gasteiger charge is -2.10. The number of hydrogen-bond acceptors (Lipinski definition) is 7. The van der Waals surface area contributed by atoms with Crippen molar-refractivity contribution in [2.24, 2.45) is 0 Å². The number of anilines is 2. The molecule has 7 heteroatoms. The molecule has 0 spiro atoms. The molecule has 19 heavy (non-hydrogen) atoms. The Labute approximate surface area is 116 Å². The van der Waals surface area contributed by atoms with Gasteiger partial charge in [0.15, 0.2) is 5.82 Å². The molecule has 2 aromatic rings. The van der Waals surface area contributed by atoms with Crippen molar-refractivity contribution in [3.05, 3.63) is 22.4 Å². The van der Waals surface area contributed by atoms with Crippen molar-refractivity contribution in [2.45, 2.75) is 26.8 Å². The standard InChI is InChI=1S/C12H17N5OS/c1-3-4-18-12-10(13)11(15-7-16-12)14-5-9-17-8(2)6-19-9/h6-7H,3-5,13H2,1-2H3,(H,14,15,16). The normalized spacial score (nSPS) is 10.4. The molecule has 0 saturated carbocycles. The minimum Gasteiger partial charge on any atom is -0.476 e. The summed E-state index contributed by atoms with van der Waals surface area (Å²) in [5.74, 6) is 1.00. The molecule has 0 aliphatic rings. The van der Waals surface area contributed by atoms with Crippen LogP contribution in [-0.4, -0.2) is 21.6 Å².